The summed E-state index contributed by atoms with van der Waals surface area (Å²) >= 11 is 0. The van der Waals surface area contributed by atoms with Gasteiger partial charge >= 0.3 is 0 Å². The molecule has 0 amide bonds. The van der Waals surface area contributed by atoms with Crippen LogP contribution in [-0.4, -0.2) is 25.4 Å². The van der Waals surface area contributed by atoms with Crippen LogP contribution in [0.4, 0.5) is 0 Å². The van der Waals surface area contributed by atoms with Gasteiger partial charge in [-0.15, -0.1) is 0 Å². The first-order valence-corrected chi connectivity index (χ1v) is 7.57. The molecule has 0 atom stereocenters. The molecule has 5 aromatic rings. The maximum absolute atomic E-state index is 11.7. The molecular formula is C18H11N3O4. The van der Waals surface area contributed by atoms with Gasteiger partial charge in [0.1, 0.15) is 11.3 Å². The van der Waals surface area contributed by atoms with Crippen LogP contribution in [0.5, 0.6) is 11.5 Å². The van der Waals surface area contributed by atoms with Crippen molar-refractivity contribution in [3.05, 3.63) is 52.8 Å². The largest absolute Gasteiger partial charge is 0.508 e. The highest BCUT2D eigenvalue weighted by molar-refractivity contribution is 6.15. The van der Waals surface area contributed by atoms with E-state index < -0.39 is 11.2 Å². The Kier molecular flexibility index (Phi) is 2.54. The molecule has 3 aromatic heterocycles. The van der Waals surface area contributed by atoms with Gasteiger partial charge in [-0.05, 0) is 29.8 Å². The minimum Gasteiger partial charge on any atom is -0.508 e. The average Bonchev–Trinajstić information content (AvgIpc) is 3.22. The van der Waals surface area contributed by atoms with Crippen molar-refractivity contribution >= 4 is 33.1 Å². The van der Waals surface area contributed by atoms with Crippen molar-refractivity contribution in [3.8, 4) is 22.6 Å². The molecule has 0 saturated heterocycles. The summed E-state index contributed by atoms with van der Waals surface area (Å²) in [5.74, 6) is -0.272. The van der Waals surface area contributed by atoms with Gasteiger partial charge in [-0.2, -0.15) is 0 Å². The van der Waals surface area contributed by atoms with E-state index in [1.165, 1.54) is 6.07 Å². The molecule has 7 heteroatoms. The molecule has 2 aromatic carbocycles. The molecule has 25 heavy (non-hydrogen) atoms. The number of aromatic nitrogens is 3. The van der Waals surface area contributed by atoms with Gasteiger partial charge in [-0.1, -0.05) is 12.1 Å². The molecule has 0 spiro atoms. The standard InChI is InChI=1S/C18H11N3O4/c22-9-3-1-8(2-4-9)13-11-7-19-21-18(11)20-14-10-5-6-12(23)15(24)16(10)25-17(13)14/h1-7,22,24H,(H2,19,20,21). The molecule has 0 bridgehead atoms. The number of hydrogen-bond acceptors (Lipinski definition) is 5. The molecule has 0 radical (unpaired) electrons. The zero-order chi connectivity index (χ0) is 17.1. The molecule has 0 unspecified atom stereocenters. The number of fused-ring (bicyclic) bond motifs is 4. The van der Waals surface area contributed by atoms with Gasteiger partial charge in [-0.25, -0.2) is 4.98 Å². The maximum atomic E-state index is 11.7. The average molecular weight is 333 g/mol. The number of pyridine rings is 1. The lowest BCUT2D eigenvalue weighted by Gasteiger charge is -2.04. The van der Waals surface area contributed by atoms with E-state index in [-0.39, 0.29) is 11.3 Å². The van der Waals surface area contributed by atoms with E-state index in [4.69, 9.17) is 4.42 Å². The number of aromatic amines is 2. The van der Waals surface area contributed by atoms with Gasteiger partial charge in [0.05, 0.1) is 5.39 Å². The van der Waals surface area contributed by atoms with E-state index in [0.29, 0.717) is 22.1 Å². The summed E-state index contributed by atoms with van der Waals surface area (Å²) in [6.45, 7) is 0. The molecule has 3 heterocycles. The fourth-order valence-electron chi connectivity index (χ4n) is 3.14. The minimum atomic E-state index is -0.503. The second-order valence-corrected chi connectivity index (χ2v) is 5.78. The molecule has 7 nitrogen and oxygen atoms in total. The van der Waals surface area contributed by atoms with Crippen molar-refractivity contribution < 1.29 is 14.6 Å². The Balaban J connectivity index is 2.02. The van der Waals surface area contributed by atoms with Gasteiger partial charge < -0.3 is 19.7 Å². The van der Waals surface area contributed by atoms with E-state index in [1.54, 1.807) is 36.5 Å². The van der Waals surface area contributed by atoms with Crippen LogP contribution in [0.1, 0.15) is 0 Å². The zero-order valence-corrected chi connectivity index (χ0v) is 12.7. The molecular weight excluding hydrogens is 322 g/mol. The Labute approximate surface area is 139 Å². The van der Waals surface area contributed by atoms with Crippen LogP contribution >= 0.6 is 0 Å². The molecule has 0 aliphatic carbocycles. The van der Waals surface area contributed by atoms with Crippen LogP contribution in [0, 0.1) is 0 Å². The van der Waals surface area contributed by atoms with Crippen molar-refractivity contribution in [2.45, 2.75) is 0 Å². The third-order valence-electron chi connectivity index (χ3n) is 4.31. The maximum Gasteiger partial charge on any atom is 0.224 e. The van der Waals surface area contributed by atoms with Crippen LogP contribution in [-0.2, 0) is 0 Å². The van der Waals surface area contributed by atoms with E-state index in [0.717, 1.165) is 16.5 Å². The number of aromatic hydroxyl groups is 2. The number of nitrogens with zero attached hydrogens (tertiary/aromatic N) is 1. The van der Waals surface area contributed by atoms with Crippen LogP contribution in [0.15, 0.2) is 51.8 Å². The molecule has 122 valence electrons. The summed E-state index contributed by atoms with van der Waals surface area (Å²) in [6.07, 6.45) is 1.76. The highest BCUT2D eigenvalue weighted by Crippen LogP contribution is 2.40. The van der Waals surface area contributed by atoms with E-state index in [2.05, 4.69) is 15.2 Å². The number of benzene rings is 2. The number of phenols is 2. The smallest absolute Gasteiger partial charge is 0.224 e. The molecule has 0 saturated carbocycles. The quantitative estimate of drug-likeness (QED) is 0.376. The third kappa shape index (κ3) is 1.80. The lowest BCUT2D eigenvalue weighted by Crippen LogP contribution is -1.95. The highest BCUT2D eigenvalue weighted by atomic mass is 16.4. The first kappa shape index (κ1) is 13.7. The summed E-state index contributed by atoms with van der Waals surface area (Å²) in [5, 5.41) is 26.8. The zero-order valence-electron chi connectivity index (χ0n) is 12.7. The Hall–Kier alpha value is -3.74. The number of phenolic OH excluding ortho intramolecular Hbond substituents is 2. The number of hydrogen-bond donors (Lipinski definition) is 4. The van der Waals surface area contributed by atoms with Gasteiger partial charge in [0, 0.05) is 17.1 Å². The van der Waals surface area contributed by atoms with Crippen molar-refractivity contribution in [1.29, 1.82) is 0 Å². The predicted octanol–water partition coefficient (Wildman–Crippen LogP) is 3.23. The first-order valence-electron chi connectivity index (χ1n) is 7.57. The fraction of sp³-hybridized carbons (Fsp3) is 0. The Morgan fingerprint density at radius 1 is 0.960 bits per heavy atom. The number of furan rings is 1. The van der Waals surface area contributed by atoms with Crippen LogP contribution in [0.2, 0.25) is 0 Å². The minimum absolute atomic E-state index is 0.117. The predicted molar refractivity (Wildman–Crippen MR) is 92.8 cm³/mol. The first-order chi connectivity index (χ1) is 12.1. The Bertz CT molecular complexity index is 1330. The van der Waals surface area contributed by atoms with Crippen molar-refractivity contribution in [2.75, 3.05) is 0 Å². The third-order valence-corrected chi connectivity index (χ3v) is 4.31. The van der Waals surface area contributed by atoms with Crippen molar-refractivity contribution in [1.82, 2.24) is 15.2 Å². The fourth-order valence-corrected chi connectivity index (χ4v) is 3.14. The summed E-state index contributed by atoms with van der Waals surface area (Å²) in [4.78, 5) is 16.3. The summed E-state index contributed by atoms with van der Waals surface area (Å²) in [5.41, 5.74) is 2.79. The molecule has 5 rings (SSSR count). The highest BCUT2D eigenvalue weighted by Gasteiger charge is 2.20. The molecule has 0 aliphatic rings. The lowest BCUT2D eigenvalue weighted by molar-refractivity contribution is 0.464. The number of rotatable bonds is 1. The molecule has 0 aliphatic heterocycles. The van der Waals surface area contributed by atoms with E-state index in [9.17, 15) is 15.0 Å². The summed E-state index contributed by atoms with van der Waals surface area (Å²) in [7, 11) is 0. The number of nitrogens with one attached hydrogen (secondary N) is 2. The van der Waals surface area contributed by atoms with Gasteiger partial charge in [0.2, 0.25) is 11.2 Å². The second-order valence-electron chi connectivity index (χ2n) is 5.78. The van der Waals surface area contributed by atoms with Crippen LogP contribution in [0.3, 0.4) is 0 Å². The second kappa shape index (κ2) is 4.64. The van der Waals surface area contributed by atoms with Crippen molar-refractivity contribution in [2.24, 2.45) is 0 Å². The van der Waals surface area contributed by atoms with Crippen LogP contribution in [0.25, 0.3) is 44.2 Å². The van der Waals surface area contributed by atoms with Crippen molar-refractivity contribution in [3.63, 3.8) is 0 Å². The summed E-state index contributed by atoms with van der Waals surface area (Å²) < 4.78 is 5.85. The van der Waals surface area contributed by atoms with Gasteiger partial charge in [0.25, 0.3) is 0 Å². The SMILES string of the molecule is O=c1ccc2c(oc3c(-c4ccc(O)cc4)c4c[nH][nH]c4nc32)c1O. The Morgan fingerprint density at radius 2 is 1.76 bits per heavy atom. The number of H-pyrrole nitrogens is 2. The lowest BCUT2D eigenvalue weighted by atomic mass is 10.0. The Morgan fingerprint density at radius 3 is 2.56 bits per heavy atom. The monoisotopic (exact) mass is 333 g/mol. The van der Waals surface area contributed by atoms with Gasteiger partial charge in [-0.3, -0.25) is 9.89 Å². The molecule has 0 fully saturated rings. The molecule has 4 N–H and O–H groups in total. The van der Waals surface area contributed by atoms with Crippen LogP contribution < -0.4 is 5.43 Å². The van der Waals surface area contributed by atoms with E-state index >= 15 is 0 Å². The summed E-state index contributed by atoms with van der Waals surface area (Å²) in [6, 6.07) is 9.58. The normalized spacial score (nSPS) is 11.7. The van der Waals surface area contributed by atoms with Gasteiger partial charge in [0.15, 0.2) is 16.8 Å². The topological polar surface area (TPSA) is 115 Å². The van der Waals surface area contributed by atoms with E-state index in [1.807, 2.05) is 0 Å².